The molecule has 1 atom stereocenters. The van der Waals surface area contributed by atoms with E-state index in [0.29, 0.717) is 10.6 Å². The number of carbonyl (C=O) groups excluding carboxylic acids is 1. The Morgan fingerprint density at radius 2 is 2.15 bits per heavy atom. The molecule has 1 N–H and O–H groups in total. The molecular weight excluding hydrogens is 274 g/mol. The van der Waals surface area contributed by atoms with E-state index in [1.54, 1.807) is 12.3 Å². The van der Waals surface area contributed by atoms with Gasteiger partial charge in [-0.2, -0.15) is 0 Å². The molecule has 20 heavy (non-hydrogen) atoms. The van der Waals surface area contributed by atoms with E-state index in [0.717, 1.165) is 32.5 Å². The standard InChI is InChI=1S/C15H24ClN3O/c1-4-19(5-2)10-6-7-12(3)18-15(20)13-8-9-17-11-14(13)16/h8-9,11-12H,4-7,10H2,1-3H3,(H,18,20). The first-order valence-electron chi connectivity index (χ1n) is 7.21. The molecule has 0 saturated heterocycles. The molecule has 0 bridgehead atoms. The van der Waals surface area contributed by atoms with E-state index in [-0.39, 0.29) is 11.9 Å². The lowest BCUT2D eigenvalue weighted by Gasteiger charge is -2.19. The van der Waals surface area contributed by atoms with Crippen LogP contribution in [-0.4, -0.2) is 41.5 Å². The highest BCUT2D eigenvalue weighted by molar-refractivity contribution is 6.33. The van der Waals surface area contributed by atoms with E-state index in [1.807, 2.05) is 6.92 Å². The van der Waals surface area contributed by atoms with Crippen molar-refractivity contribution >= 4 is 17.5 Å². The number of hydrogen-bond donors (Lipinski definition) is 1. The van der Waals surface area contributed by atoms with Gasteiger partial charge in [0.1, 0.15) is 0 Å². The van der Waals surface area contributed by atoms with Gasteiger partial charge in [0.2, 0.25) is 0 Å². The lowest BCUT2D eigenvalue weighted by atomic mass is 10.1. The number of carbonyl (C=O) groups is 1. The molecule has 0 aromatic carbocycles. The van der Waals surface area contributed by atoms with Crippen molar-refractivity contribution in [3.8, 4) is 0 Å². The summed E-state index contributed by atoms with van der Waals surface area (Å²) < 4.78 is 0. The first kappa shape index (κ1) is 16.9. The fourth-order valence-electron chi connectivity index (χ4n) is 2.09. The SMILES string of the molecule is CCN(CC)CCCC(C)NC(=O)c1ccncc1Cl. The van der Waals surface area contributed by atoms with Crippen LogP contribution in [0, 0.1) is 0 Å². The third-order valence-corrected chi connectivity index (χ3v) is 3.70. The molecule has 1 amide bonds. The summed E-state index contributed by atoms with van der Waals surface area (Å²) in [7, 11) is 0. The Kier molecular flexibility index (Phi) is 7.55. The Morgan fingerprint density at radius 1 is 1.45 bits per heavy atom. The number of nitrogens with zero attached hydrogens (tertiary/aromatic N) is 2. The van der Waals surface area contributed by atoms with Gasteiger partial charge < -0.3 is 10.2 Å². The monoisotopic (exact) mass is 297 g/mol. The number of nitrogens with one attached hydrogen (secondary N) is 1. The topological polar surface area (TPSA) is 45.2 Å². The fourth-order valence-corrected chi connectivity index (χ4v) is 2.30. The predicted molar refractivity (Wildman–Crippen MR) is 83.2 cm³/mol. The van der Waals surface area contributed by atoms with Crippen LogP contribution < -0.4 is 5.32 Å². The van der Waals surface area contributed by atoms with Crippen molar-refractivity contribution in [2.45, 2.75) is 39.7 Å². The molecule has 0 spiro atoms. The van der Waals surface area contributed by atoms with Crippen molar-refractivity contribution in [2.24, 2.45) is 0 Å². The minimum absolute atomic E-state index is 0.132. The molecule has 1 aromatic heterocycles. The van der Waals surface area contributed by atoms with Crippen molar-refractivity contribution in [3.05, 3.63) is 29.0 Å². The number of halogens is 1. The number of rotatable bonds is 8. The maximum absolute atomic E-state index is 12.1. The van der Waals surface area contributed by atoms with Crippen LogP contribution >= 0.6 is 11.6 Å². The Morgan fingerprint density at radius 3 is 2.75 bits per heavy atom. The quantitative estimate of drug-likeness (QED) is 0.802. The van der Waals surface area contributed by atoms with Gasteiger partial charge >= 0.3 is 0 Å². The highest BCUT2D eigenvalue weighted by atomic mass is 35.5. The van der Waals surface area contributed by atoms with Crippen LogP contribution in [0.5, 0.6) is 0 Å². The van der Waals surface area contributed by atoms with Gasteiger partial charge in [0.25, 0.3) is 5.91 Å². The van der Waals surface area contributed by atoms with Crippen molar-refractivity contribution < 1.29 is 4.79 Å². The number of amides is 1. The summed E-state index contributed by atoms with van der Waals surface area (Å²) in [6.07, 6.45) is 5.10. The smallest absolute Gasteiger partial charge is 0.253 e. The van der Waals surface area contributed by atoms with E-state index in [9.17, 15) is 4.79 Å². The normalized spacial score (nSPS) is 12.4. The van der Waals surface area contributed by atoms with Gasteiger partial charge in [-0.1, -0.05) is 25.4 Å². The molecule has 112 valence electrons. The van der Waals surface area contributed by atoms with Crippen LogP contribution in [0.15, 0.2) is 18.5 Å². The Hall–Kier alpha value is -1.13. The van der Waals surface area contributed by atoms with Gasteiger partial charge in [0, 0.05) is 18.4 Å². The van der Waals surface area contributed by atoms with Crippen molar-refractivity contribution in [1.82, 2.24) is 15.2 Å². The zero-order valence-electron chi connectivity index (χ0n) is 12.5. The first-order chi connectivity index (χ1) is 9.58. The van der Waals surface area contributed by atoms with Crippen LogP contribution in [0.2, 0.25) is 5.02 Å². The zero-order valence-corrected chi connectivity index (χ0v) is 13.3. The van der Waals surface area contributed by atoms with Crippen molar-refractivity contribution in [1.29, 1.82) is 0 Å². The Bertz CT molecular complexity index is 421. The second-order valence-corrected chi connectivity index (χ2v) is 5.31. The fraction of sp³-hybridized carbons (Fsp3) is 0.600. The minimum atomic E-state index is -0.132. The van der Waals surface area contributed by atoms with Crippen LogP contribution in [0.3, 0.4) is 0 Å². The number of pyridine rings is 1. The molecule has 0 saturated carbocycles. The van der Waals surface area contributed by atoms with Gasteiger partial charge in [0.05, 0.1) is 10.6 Å². The molecule has 0 aliphatic rings. The summed E-state index contributed by atoms with van der Waals surface area (Å²) in [5, 5.41) is 3.37. The summed E-state index contributed by atoms with van der Waals surface area (Å²) in [6, 6.07) is 1.78. The van der Waals surface area contributed by atoms with Crippen LogP contribution in [0.4, 0.5) is 0 Å². The average molecular weight is 298 g/mol. The van der Waals surface area contributed by atoms with E-state index in [1.165, 1.54) is 6.20 Å². The molecule has 1 unspecified atom stereocenters. The highest BCUT2D eigenvalue weighted by Crippen LogP contribution is 2.13. The second kappa shape index (κ2) is 8.93. The van der Waals surface area contributed by atoms with Gasteiger partial charge in [-0.05, 0) is 45.5 Å². The van der Waals surface area contributed by atoms with E-state index in [4.69, 9.17) is 11.6 Å². The van der Waals surface area contributed by atoms with E-state index in [2.05, 4.69) is 29.0 Å². The zero-order chi connectivity index (χ0) is 15.0. The number of hydrogen-bond acceptors (Lipinski definition) is 3. The molecule has 1 aromatic rings. The van der Waals surface area contributed by atoms with Crippen LogP contribution in [0.1, 0.15) is 44.0 Å². The maximum atomic E-state index is 12.1. The van der Waals surface area contributed by atoms with Gasteiger partial charge in [-0.15, -0.1) is 0 Å². The second-order valence-electron chi connectivity index (χ2n) is 4.90. The molecule has 1 rings (SSSR count). The molecule has 1 heterocycles. The third-order valence-electron chi connectivity index (χ3n) is 3.40. The average Bonchev–Trinajstić information content (AvgIpc) is 2.44. The van der Waals surface area contributed by atoms with Crippen molar-refractivity contribution in [3.63, 3.8) is 0 Å². The molecule has 5 heteroatoms. The van der Waals surface area contributed by atoms with Gasteiger partial charge in [-0.25, -0.2) is 0 Å². The summed E-state index contributed by atoms with van der Waals surface area (Å²) in [5.74, 6) is -0.132. The Labute approximate surface area is 126 Å². The third kappa shape index (κ3) is 5.47. The van der Waals surface area contributed by atoms with Gasteiger partial charge in [-0.3, -0.25) is 9.78 Å². The maximum Gasteiger partial charge on any atom is 0.253 e. The molecule has 0 fully saturated rings. The van der Waals surface area contributed by atoms with Gasteiger partial charge in [0.15, 0.2) is 0 Å². The van der Waals surface area contributed by atoms with E-state index < -0.39 is 0 Å². The highest BCUT2D eigenvalue weighted by Gasteiger charge is 2.12. The molecular formula is C15H24ClN3O. The van der Waals surface area contributed by atoms with Crippen LogP contribution in [0.25, 0.3) is 0 Å². The summed E-state index contributed by atoms with van der Waals surface area (Å²) in [4.78, 5) is 18.3. The summed E-state index contributed by atoms with van der Waals surface area (Å²) >= 11 is 5.96. The molecule has 0 aliphatic heterocycles. The lowest BCUT2D eigenvalue weighted by Crippen LogP contribution is -2.33. The molecule has 4 nitrogen and oxygen atoms in total. The van der Waals surface area contributed by atoms with Crippen molar-refractivity contribution in [2.75, 3.05) is 19.6 Å². The predicted octanol–water partition coefficient (Wildman–Crippen LogP) is 2.98. The number of aromatic nitrogens is 1. The Balaban J connectivity index is 2.37. The molecule has 0 aliphatic carbocycles. The summed E-state index contributed by atoms with van der Waals surface area (Å²) in [6.45, 7) is 9.58. The minimum Gasteiger partial charge on any atom is -0.350 e. The summed E-state index contributed by atoms with van der Waals surface area (Å²) in [5.41, 5.74) is 0.484. The first-order valence-corrected chi connectivity index (χ1v) is 7.59. The largest absolute Gasteiger partial charge is 0.350 e. The lowest BCUT2D eigenvalue weighted by molar-refractivity contribution is 0.0937. The molecule has 0 radical (unpaired) electrons. The van der Waals surface area contributed by atoms with Crippen LogP contribution in [-0.2, 0) is 0 Å². The van der Waals surface area contributed by atoms with E-state index >= 15 is 0 Å².